The van der Waals surface area contributed by atoms with Crippen LogP contribution in [0.5, 0.6) is 17.2 Å². The first-order valence-electron chi connectivity index (χ1n) is 7.94. The Bertz CT molecular complexity index is 899. The maximum absolute atomic E-state index is 13.1. The highest BCUT2D eigenvalue weighted by molar-refractivity contribution is 6.33. The van der Waals surface area contributed by atoms with Crippen molar-refractivity contribution < 1.29 is 28.9 Å². The Hall–Kier alpha value is -2.93. The minimum absolute atomic E-state index is 0.114. The Kier molecular flexibility index (Phi) is 4.08. The van der Waals surface area contributed by atoms with E-state index in [-0.39, 0.29) is 17.1 Å². The highest BCUT2D eigenvalue weighted by Gasteiger charge is 2.34. The zero-order valence-electron chi connectivity index (χ0n) is 13.5. The molecule has 0 saturated heterocycles. The van der Waals surface area contributed by atoms with Crippen LogP contribution < -0.4 is 19.1 Å². The number of benzene rings is 2. The summed E-state index contributed by atoms with van der Waals surface area (Å²) in [7, 11) is 0. The first kappa shape index (κ1) is 16.5. The maximum Gasteiger partial charge on any atom is 0.346 e. The molecule has 4 rings (SSSR count). The van der Waals surface area contributed by atoms with E-state index in [0.717, 1.165) is 0 Å². The van der Waals surface area contributed by atoms with Crippen LogP contribution in [0.1, 0.15) is 10.4 Å². The van der Waals surface area contributed by atoms with E-state index in [1.807, 2.05) is 0 Å². The molecule has 1 N–H and O–H groups in total. The average molecular weight is 376 g/mol. The fourth-order valence-corrected chi connectivity index (χ4v) is 3.21. The van der Waals surface area contributed by atoms with Crippen molar-refractivity contribution in [1.29, 1.82) is 0 Å². The topological polar surface area (TPSA) is 85.3 Å². The standard InChI is InChI=1S/C18H14ClNO6/c19-11-7-10(8-14-16(11)25-6-5-24-14)17(21)20-9-15(18(22)23)26-13-4-2-1-3-12(13)20/h1-4,7-8,15H,5-6,9H2,(H,22,23). The summed E-state index contributed by atoms with van der Waals surface area (Å²) in [5.74, 6) is -0.407. The third-order valence-corrected chi connectivity index (χ3v) is 4.42. The lowest BCUT2D eigenvalue weighted by Gasteiger charge is -2.33. The van der Waals surface area contributed by atoms with Gasteiger partial charge in [-0.3, -0.25) is 4.79 Å². The van der Waals surface area contributed by atoms with E-state index in [1.165, 1.54) is 11.0 Å². The molecule has 8 heteroatoms. The Morgan fingerprint density at radius 1 is 1.12 bits per heavy atom. The Morgan fingerprint density at radius 2 is 1.88 bits per heavy atom. The number of anilines is 1. The van der Waals surface area contributed by atoms with Gasteiger partial charge in [-0.2, -0.15) is 0 Å². The van der Waals surface area contributed by atoms with E-state index in [1.54, 1.807) is 30.3 Å². The zero-order valence-corrected chi connectivity index (χ0v) is 14.2. The SMILES string of the molecule is O=C(O)C1CN(C(=O)c2cc(Cl)c3c(c2)OCCO3)c2ccccc2O1. The molecule has 2 aromatic rings. The number of nitrogens with zero attached hydrogens (tertiary/aromatic N) is 1. The van der Waals surface area contributed by atoms with Gasteiger partial charge < -0.3 is 24.2 Å². The lowest BCUT2D eigenvalue weighted by atomic mass is 10.1. The van der Waals surface area contributed by atoms with Crippen molar-refractivity contribution in [2.45, 2.75) is 6.10 Å². The number of carboxylic acid groups (broad SMARTS) is 1. The van der Waals surface area contributed by atoms with Crippen LogP contribution in [0.25, 0.3) is 0 Å². The molecule has 0 radical (unpaired) electrons. The predicted molar refractivity (Wildman–Crippen MR) is 92.6 cm³/mol. The number of fused-ring (bicyclic) bond motifs is 2. The second kappa shape index (κ2) is 6.42. The quantitative estimate of drug-likeness (QED) is 0.868. The number of carbonyl (C=O) groups excluding carboxylic acids is 1. The Labute approximate surface area is 153 Å². The number of carbonyl (C=O) groups is 2. The van der Waals surface area contributed by atoms with Crippen molar-refractivity contribution in [2.24, 2.45) is 0 Å². The molecule has 0 aromatic heterocycles. The molecule has 26 heavy (non-hydrogen) atoms. The number of amides is 1. The first-order chi connectivity index (χ1) is 12.5. The summed E-state index contributed by atoms with van der Waals surface area (Å²) in [6.07, 6.45) is -1.15. The van der Waals surface area contributed by atoms with Crippen LogP contribution in [0.15, 0.2) is 36.4 Å². The van der Waals surface area contributed by atoms with Gasteiger partial charge in [-0.05, 0) is 24.3 Å². The van der Waals surface area contributed by atoms with Gasteiger partial charge in [0.15, 0.2) is 11.5 Å². The molecule has 0 spiro atoms. The molecule has 1 atom stereocenters. The van der Waals surface area contributed by atoms with Gasteiger partial charge in [-0.25, -0.2) is 4.79 Å². The van der Waals surface area contributed by atoms with E-state index in [9.17, 15) is 14.7 Å². The number of hydrogen-bond donors (Lipinski definition) is 1. The first-order valence-corrected chi connectivity index (χ1v) is 8.32. The summed E-state index contributed by atoms with van der Waals surface area (Å²) < 4.78 is 16.4. The molecule has 1 unspecified atom stereocenters. The van der Waals surface area contributed by atoms with Crippen LogP contribution in [-0.2, 0) is 4.79 Å². The van der Waals surface area contributed by atoms with E-state index >= 15 is 0 Å². The molecule has 2 aromatic carbocycles. The molecule has 2 aliphatic rings. The largest absolute Gasteiger partial charge is 0.486 e. The number of hydrogen-bond acceptors (Lipinski definition) is 5. The highest BCUT2D eigenvalue weighted by Crippen LogP contribution is 2.40. The summed E-state index contributed by atoms with van der Waals surface area (Å²) in [5.41, 5.74) is 0.779. The summed E-state index contributed by atoms with van der Waals surface area (Å²) in [5, 5.41) is 9.58. The normalized spacial score (nSPS) is 17.9. The lowest BCUT2D eigenvalue weighted by molar-refractivity contribution is -0.144. The number of carboxylic acids is 1. The van der Waals surface area contributed by atoms with Gasteiger partial charge in [0.05, 0.1) is 17.3 Å². The van der Waals surface area contributed by atoms with Gasteiger partial charge in [-0.1, -0.05) is 23.7 Å². The monoisotopic (exact) mass is 375 g/mol. The van der Waals surface area contributed by atoms with Gasteiger partial charge in [-0.15, -0.1) is 0 Å². The molecular formula is C18H14ClNO6. The van der Waals surface area contributed by atoms with E-state index in [0.29, 0.717) is 36.1 Å². The van der Waals surface area contributed by atoms with Crippen LogP contribution >= 0.6 is 11.6 Å². The summed E-state index contributed by atoms with van der Waals surface area (Å²) >= 11 is 6.22. The molecule has 0 saturated carbocycles. The van der Waals surface area contributed by atoms with Gasteiger partial charge >= 0.3 is 5.97 Å². The van der Waals surface area contributed by atoms with Crippen molar-refractivity contribution in [2.75, 3.05) is 24.7 Å². The third kappa shape index (κ3) is 2.80. The van der Waals surface area contributed by atoms with Crippen molar-refractivity contribution in [3.8, 4) is 17.2 Å². The van der Waals surface area contributed by atoms with Gasteiger partial charge in [0, 0.05) is 5.56 Å². The second-order valence-electron chi connectivity index (χ2n) is 5.81. The molecule has 134 valence electrons. The van der Waals surface area contributed by atoms with Gasteiger partial charge in [0.25, 0.3) is 5.91 Å². The van der Waals surface area contributed by atoms with E-state index in [2.05, 4.69) is 0 Å². The van der Waals surface area contributed by atoms with Crippen LogP contribution in [-0.4, -0.2) is 42.8 Å². The van der Waals surface area contributed by atoms with Crippen LogP contribution in [0.2, 0.25) is 5.02 Å². The lowest BCUT2D eigenvalue weighted by Crippen LogP contribution is -2.47. The van der Waals surface area contributed by atoms with Crippen molar-refractivity contribution >= 4 is 29.2 Å². The number of ether oxygens (including phenoxy) is 3. The van der Waals surface area contributed by atoms with Crippen molar-refractivity contribution in [3.63, 3.8) is 0 Å². The molecule has 2 heterocycles. The Balaban J connectivity index is 1.74. The molecule has 7 nitrogen and oxygen atoms in total. The maximum atomic E-state index is 13.1. The highest BCUT2D eigenvalue weighted by atomic mass is 35.5. The zero-order chi connectivity index (χ0) is 18.3. The predicted octanol–water partition coefficient (Wildman–Crippen LogP) is 2.60. The summed E-state index contributed by atoms with van der Waals surface area (Å²) in [6.45, 7) is 0.636. The second-order valence-corrected chi connectivity index (χ2v) is 6.22. The van der Waals surface area contributed by atoms with Gasteiger partial charge in [0.2, 0.25) is 6.10 Å². The average Bonchev–Trinajstić information content (AvgIpc) is 2.66. The third-order valence-electron chi connectivity index (χ3n) is 4.14. The molecular weight excluding hydrogens is 362 g/mol. The van der Waals surface area contributed by atoms with Crippen LogP contribution in [0, 0.1) is 0 Å². The molecule has 0 bridgehead atoms. The van der Waals surface area contributed by atoms with Crippen molar-refractivity contribution in [3.05, 3.63) is 47.0 Å². The molecule has 2 aliphatic heterocycles. The molecule has 0 aliphatic carbocycles. The smallest absolute Gasteiger partial charge is 0.346 e. The van der Waals surface area contributed by atoms with E-state index in [4.69, 9.17) is 25.8 Å². The van der Waals surface area contributed by atoms with Crippen LogP contribution in [0.3, 0.4) is 0 Å². The number of rotatable bonds is 2. The number of para-hydroxylation sites is 2. The van der Waals surface area contributed by atoms with E-state index < -0.39 is 18.0 Å². The number of aliphatic carboxylic acids is 1. The summed E-state index contributed by atoms with van der Waals surface area (Å²) in [6, 6.07) is 9.83. The molecule has 1 amide bonds. The minimum Gasteiger partial charge on any atom is -0.486 e. The minimum atomic E-state index is -1.15. The number of halogens is 1. The van der Waals surface area contributed by atoms with Crippen molar-refractivity contribution in [1.82, 2.24) is 0 Å². The van der Waals surface area contributed by atoms with Crippen LogP contribution in [0.4, 0.5) is 5.69 Å². The Morgan fingerprint density at radius 3 is 2.69 bits per heavy atom. The van der Waals surface area contributed by atoms with Gasteiger partial charge in [0.1, 0.15) is 19.0 Å². The molecule has 0 fully saturated rings. The fraction of sp³-hybridized carbons (Fsp3) is 0.222. The fourth-order valence-electron chi connectivity index (χ4n) is 2.95. The summed E-state index contributed by atoms with van der Waals surface area (Å²) in [4.78, 5) is 25.9.